The molecule has 3 rings (SSSR count). The number of nitrogens with one attached hydrogen (secondary N) is 1. The number of hydrogen-bond donors (Lipinski definition) is 1. The fraction of sp³-hybridized carbons (Fsp3) is 0.438. The predicted molar refractivity (Wildman–Crippen MR) is 80.9 cm³/mol. The molecular formula is C16H21N3O2. The van der Waals surface area contributed by atoms with Gasteiger partial charge in [-0.05, 0) is 31.5 Å². The highest BCUT2D eigenvalue weighted by atomic mass is 16.5. The van der Waals surface area contributed by atoms with E-state index >= 15 is 0 Å². The minimum atomic E-state index is 0.517. The van der Waals surface area contributed by atoms with Crippen molar-refractivity contribution in [3.05, 3.63) is 36.7 Å². The summed E-state index contributed by atoms with van der Waals surface area (Å²) in [5, 5.41) is 7.89. The summed E-state index contributed by atoms with van der Waals surface area (Å²) < 4.78 is 12.9. The fourth-order valence-electron chi connectivity index (χ4n) is 2.60. The van der Waals surface area contributed by atoms with Crippen molar-refractivity contribution in [3.63, 3.8) is 0 Å². The second-order valence-electron chi connectivity index (χ2n) is 5.33. The summed E-state index contributed by atoms with van der Waals surface area (Å²) in [6.07, 6.45) is 7.48. The lowest BCUT2D eigenvalue weighted by Gasteiger charge is -2.23. The monoisotopic (exact) mass is 287 g/mol. The van der Waals surface area contributed by atoms with Crippen molar-refractivity contribution in [2.45, 2.75) is 31.8 Å². The third-order valence-corrected chi connectivity index (χ3v) is 3.71. The highest BCUT2D eigenvalue weighted by Gasteiger charge is 2.13. The van der Waals surface area contributed by atoms with E-state index in [9.17, 15) is 0 Å². The third kappa shape index (κ3) is 3.76. The maximum atomic E-state index is 5.81. The Labute approximate surface area is 124 Å². The van der Waals surface area contributed by atoms with Crippen LogP contribution >= 0.6 is 0 Å². The molecule has 5 nitrogen and oxygen atoms in total. The van der Waals surface area contributed by atoms with Crippen molar-refractivity contribution < 1.29 is 9.47 Å². The molecule has 1 aromatic carbocycles. The summed E-state index contributed by atoms with van der Waals surface area (Å²) >= 11 is 0. The molecular weight excluding hydrogens is 266 g/mol. The van der Waals surface area contributed by atoms with Gasteiger partial charge in [0.05, 0.1) is 26.0 Å². The maximum Gasteiger partial charge on any atom is 0.165 e. The van der Waals surface area contributed by atoms with Gasteiger partial charge in [-0.3, -0.25) is 4.68 Å². The Kier molecular flexibility index (Phi) is 4.40. The first-order chi connectivity index (χ1) is 10.3. The number of rotatable bonds is 5. The number of hydrogen-bond acceptors (Lipinski definition) is 4. The van der Waals surface area contributed by atoms with E-state index in [1.54, 1.807) is 13.3 Å². The number of piperidine rings is 1. The molecule has 112 valence electrons. The van der Waals surface area contributed by atoms with Crippen LogP contribution in [0, 0.1) is 0 Å². The van der Waals surface area contributed by atoms with Crippen LogP contribution in [0.5, 0.6) is 17.2 Å². The van der Waals surface area contributed by atoms with E-state index in [4.69, 9.17) is 9.47 Å². The van der Waals surface area contributed by atoms with E-state index in [-0.39, 0.29) is 0 Å². The Balaban J connectivity index is 1.61. The Hall–Kier alpha value is -2.01. The Morgan fingerprint density at radius 1 is 1.29 bits per heavy atom. The van der Waals surface area contributed by atoms with Gasteiger partial charge in [0.15, 0.2) is 5.75 Å². The molecule has 2 heterocycles. The van der Waals surface area contributed by atoms with Crippen LogP contribution in [0.3, 0.4) is 0 Å². The number of ether oxygens (including phenoxy) is 2. The first kappa shape index (κ1) is 13.9. The van der Waals surface area contributed by atoms with Crippen LogP contribution in [0.15, 0.2) is 36.7 Å². The molecule has 1 aliphatic rings. The second kappa shape index (κ2) is 6.63. The van der Waals surface area contributed by atoms with Gasteiger partial charge in [-0.15, -0.1) is 0 Å². The molecule has 1 unspecified atom stereocenters. The van der Waals surface area contributed by atoms with Crippen molar-refractivity contribution in [3.8, 4) is 17.2 Å². The lowest BCUT2D eigenvalue weighted by Crippen LogP contribution is -2.37. The summed E-state index contributed by atoms with van der Waals surface area (Å²) in [5.41, 5.74) is 0. The standard InChI is InChI=1S/C16H21N3O2/c1-20-14-6-4-7-15(9-14)21-16-10-18-19(12-16)11-13-5-2-3-8-17-13/h4,6-7,9-10,12-13,17H,2-3,5,8,11H2,1H3. The van der Waals surface area contributed by atoms with Gasteiger partial charge < -0.3 is 14.8 Å². The van der Waals surface area contributed by atoms with Crippen LogP contribution in [0.4, 0.5) is 0 Å². The number of methoxy groups -OCH3 is 1. The average molecular weight is 287 g/mol. The summed E-state index contributed by atoms with van der Waals surface area (Å²) in [6.45, 7) is 2.00. The van der Waals surface area contributed by atoms with Gasteiger partial charge in [0, 0.05) is 12.1 Å². The molecule has 1 N–H and O–H groups in total. The number of benzene rings is 1. The summed E-state index contributed by atoms with van der Waals surface area (Å²) in [7, 11) is 1.65. The van der Waals surface area contributed by atoms with Gasteiger partial charge in [-0.2, -0.15) is 5.10 Å². The molecule has 5 heteroatoms. The normalized spacial score (nSPS) is 18.4. The minimum absolute atomic E-state index is 0.517. The molecule has 1 aliphatic heterocycles. The maximum absolute atomic E-state index is 5.81. The Morgan fingerprint density at radius 2 is 2.19 bits per heavy atom. The fourth-order valence-corrected chi connectivity index (χ4v) is 2.60. The van der Waals surface area contributed by atoms with E-state index in [0.29, 0.717) is 6.04 Å². The molecule has 0 bridgehead atoms. The molecule has 2 aromatic rings. The lowest BCUT2D eigenvalue weighted by atomic mass is 10.1. The molecule has 1 saturated heterocycles. The van der Waals surface area contributed by atoms with Gasteiger partial charge in [-0.25, -0.2) is 0 Å². The van der Waals surface area contributed by atoms with Crippen LogP contribution < -0.4 is 14.8 Å². The van der Waals surface area contributed by atoms with Crippen LogP contribution in [0.2, 0.25) is 0 Å². The van der Waals surface area contributed by atoms with Gasteiger partial charge in [0.1, 0.15) is 11.5 Å². The Morgan fingerprint density at radius 3 is 3.00 bits per heavy atom. The highest BCUT2D eigenvalue weighted by Crippen LogP contribution is 2.24. The van der Waals surface area contributed by atoms with Crippen molar-refractivity contribution in [1.82, 2.24) is 15.1 Å². The highest BCUT2D eigenvalue weighted by molar-refractivity contribution is 5.35. The molecule has 1 atom stereocenters. The zero-order chi connectivity index (χ0) is 14.5. The van der Waals surface area contributed by atoms with E-state index in [2.05, 4.69) is 10.4 Å². The Bertz CT molecular complexity index is 576. The molecule has 0 spiro atoms. The minimum Gasteiger partial charge on any atom is -0.497 e. The quantitative estimate of drug-likeness (QED) is 0.918. The van der Waals surface area contributed by atoms with Crippen molar-refractivity contribution in [2.75, 3.05) is 13.7 Å². The second-order valence-corrected chi connectivity index (χ2v) is 5.33. The zero-order valence-electron chi connectivity index (χ0n) is 12.3. The van der Waals surface area contributed by atoms with Gasteiger partial charge in [0.2, 0.25) is 0 Å². The van der Waals surface area contributed by atoms with Crippen molar-refractivity contribution in [2.24, 2.45) is 0 Å². The van der Waals surface area contributed by atoms with Crippen LogP contribution in [-0.2, 0) is 6.54 Å². The molecule has 0 saturated carbocycles. The molecule has 0 radical (unpaired) electrons. The molecule has 0 aliphatic carbocycles. The van der Waals surface area contributed by atoms with Gasteiger partial charge >= 0.3 is 0 Å². The van der Waals surface area contributed by atoms with E-state index in [1.165, 1.54) is 19.3 Å². The third-order valence-electron chi connectivity index (χ3n) is 3.71. The zero-order valence-corrected chi connectivity index (χ0v) is 12.3. The van der Waals surface area contributed by atoms with E-state index in [0.717, 1.165) is 30.3 Å². The lowest BCUT2D eigenvalue weighted by molar-refractivity contribution is 0.350. The summed E-state index contributed by atoms with van der Waals surface area (Å²) in [5.74, 6) is 2.29. The van der Waals surface area contributed by atoms with Gasteiger partial charge in [0.25, 0.3) is 0 Å². The smallest absolute Gasteiger partial charge is 0.165 e. The van der Waals surface area contributed by atoms with Crippen molar-refractivity contribution in [1.29, 1.82) is 0 Å². The average Bonchev–Trinajstić information content (AvgIpc) is 2.95. The summed E-state index contributed by atoms with van der Waals surface area (Å²) in [6, 6.07) is 8.08. The molecule has 0 amide bonds. The topological polar surface area (TPSA) is 48.3 Å². The SMILES string of the molecule is COc1cccc(Oc2cnn(CC3CCCCN3)c2)c1. The summed E-state index contributed by atoms with van der Waals surface area (Å²) in [4.78, 5) is 0. The first-order valence-corrected chi connectivity index (χ1v) is 7.41. The van der Waals surface area contributed by atoms with Crippen LogP contribution in [-0.4, -0.2) is 29.5 Å². The predicted octanol–water partition coefficient (Wildman–Crippen LogP) is 2.83. The van der Waals surface area contributed by atoms with Crippen LogP contribution in [0.25, 0.3) is 0 Å². The molecule has 1 fully saturated rings. The molecule has 21 heavy (non-hydrogen) atoms. The molecule has 1 aromatic heterocycles. The van der Waals surface area contributed by atoms with E-state index in [1.807, 2.05) is 35.1 Å². The number of nitrogens with zero attached hydrogens (tertiary/aromatic N) is 2. The number of aromatic nitrogens is 2. The largest absolute Gasteiger partial charge is 0.497 e. The first-order valence-electron chi connectivity index (χ1n) is 7.41. The van der Waals surface area contributed by atoms with E-state index < -0.39 is 0 Å². The van der Waals surface area contributed by atoms with Crippen LogP contribution in [0.1, 0.15) is 19.3 Å². The van der Waals surface area contributed by atoms with Gasteiger partial charge in [-0.1, -0.05) is 12.5 Å². The van der Waals surface area contributed by atoms with Crippen molar-refractivity contribution >= 4 is 0 Å².